The zero-order valence-electron chi connectivity index (χ0n) is 7.90. The number of nitrogens with zero attached hydrogens (tertiary/aromatic N) is 1. The van der Waals surface area contributed by atoms with Gasteiger partial charge in [-0.25, -0.2) is 4.39 Å². The molecule has 0 heterocycles. The van der Waals surface area contributed by atoms with E-state index in [1.807, 2.05) is 0 Å². The molecule has 0 bridgehead atoms. The number of benzene rings is 1. The molecule has 3 nitrogen and oxygen atoms in total. The maximum atomic E-state index is 11.8. The Morgan fingerprint density at radius 2 is 2.07 bits per heavy atom. The van der Waals surface area contributed by atoms with E-state index in [4.69, 9.17) is 9.94 Å². The summed E-state index contributed by atoms with van der Waals surface area (Å²) < 4.78 is 16.8. The van der Waals surface area contributed by atoms with Gasteiger partial charge in [0, 0.05) is 0 Å². The van der Waals surface area contributed by atoms with Crippen LogP contribution in [0.1, 0.15) is 12.5 Å². The first-order valence-electron chi connectivity index (χ1n) is 4.26. The molecule has 0 unspecified atom stereocenters. The maximum Gasteiger partial charge on any atom is 0.123 e. The van der Waals surface area contributed by atoms with E-state index in [2.05, 4.69) is 5.16 Å². The molecule has 4 heteroatoms. The minimum Gasteiger partial charge on any atom is -0.491 e. The van der Waals surface area contributed by atoms with Crippen LogP contribution in [0.4, 0.5) is 4.39 Å². The third kappa shape index (κ3) is 2.73. The first-order valence-corrected chi connectivity index (χ1v) is 4.26. The molecule has 0 radical (unpaired) electrons. The Bertz CT molecular complexity index is 308. The Kier molecular flexibility index (Phi) is 3.91. The molecule has 14 heavy (non-hydrogen) atoms. The van der Waals surface area contributed by atoms with Crippen molar-refractivity contribution in [3.05, 3.63) is 29.8 Å². The molecule has 0 saturated heterocycles. The highest BCUT2D eigenvalue weighted by Crippen LogP contribution is 2.12. The first-order chi connectivity index (χ1) is 6.77. The molecule has 0 aliphatic carbocycles. The van der Waals surface area contributed by atoms with E-state index >= 15 is 0 Å². The molecular weight excluding hydrogens is 185 g/mol. The first kappa shape index (κ1) is 10.5. The molecule has 1 N–H and O–H groups in total. The summed E-state index contributed by atoms with van der Waals surface area (Å²) in [6.07, 6.45) is 0. The van der Waals surface area contributed by atoms with Gasteiger partial charge in [-0.1, -0.05) is 5.16 Å². The summed E-state index contributed by atoms with van der Waals surface area (Å²) in [6.45, 7) is 1.25. The average molecular weight is 197 g/mol. The van der Waals surface area contributed by atoms with Crippen molar-refractivity contribution in [1.82, 2.24) is 0 Å². The van der Waals surface area contributed by atoms with Crippen molar-refractivity contribution in [2.75, 3.05) is 13.3 Å². The van der Waals surface area contributed by atoms with Gasteiger partial charge in [0.2, 0.25) is 0 Å². The highest BCUT2D eigenvalue weighted by Gasteiger charge is 1.98. The van der Waals surface area contributed by atoms with Crippen LogP contribution < -0.4 is 4.74 Å². The quantitative estimate of drug-likeness (QED) is 0.457. The Morgan fingerprint density at radius 3 is 2.57 bits per heavy atom. The van der Waals surface area contributed by atoms with Gasteiger partial charge in [-0.3, -0.25) is 0 Å². The van der Waals surface area contributed by atoms with Gasteiger partial charge in [0.25, 0.3) is 0 Å². The molecule has 1 aromatic carbocycles. The van der Waals surface area contributed by atoms with Crippen LogP contribution in [-0.4, -0.2) is 24.2 Å². The topological polar surface area (TPSA) is 41.8 Å². The van der Waals surface area contributed by atoms with E-state index in [9.17, 15) is 4.39 Å². The molecule has 0 atom stereocenters. The van der Waals surface area contributed by atoms with Gasteiger partial charge >= 0.3 is 0 Å². The van der Waals surface area contributed by atoms with E-state index in [1.54, 1.807) is 31.2 Å². The summed E-state index contributed by atoms with van der Waals surface area (Å²) >= 11 is 0. The fourth-order valence-electron chi connectivity index (χ4n) is 1.01. The van der Waals surface area contributed by atoms with Crippen molar-refractivity contribution < 1.29 is 14.3 Å². The number of hydrogen-bond acceptors (Lipinski definition) is 3. The van der Waals surface area contributed by atoms with Crippen LogP contribution in [0.3, 0.4) is 0 Å². The molecule has 0 spiro atoms. The molecule has 0 aromatic heterocycles. The highest BCUT2D eigenvalue weighted by molar-refractivity contribution is 5.98. The van der Waals surface area contributed by atoms with Crippen molar-refractivity contribution in [3.8, 4) is 5.75 Å². The number of alkyl halides is 1. The molecule has 0 fully saturated rings. The Hall–Kier alpha value is -1.58. The molecule has 0 saturated carbocycles. The number of halogens is 1. The van der Waals surface area contributed by atoms with Gasteiger partial charge in [-0.05, 0) is 36.8 Å². The molecule has 1 rings (SSSR count). The monoisotopic (exact) mass is 197 g/mol. The molecule has 1 aromatic rings. The highest BCUT2D eigenvalue weighted by atomic mass is 19.1. The molecule has 0 amide bonds. The predicted octanol–water partition coefficient (Wildman–Crippen LogP) is 2.23. The van der Waals surface area contributed by atoms with Gasteiger partial charge in [-0.2, -0.15) is 0 Å². The lowest BCUT2D eigenvalue weighted by molar-refractivity contribution is 0.273. The Morgan fingerprint density at radius 1 is 1.43 bits per heavy atom. The normalized spacial score (nSPS) is 11.4. The van der Waals surface area contributed by atoms with Crippen LogP contribution in [0.15, 0.2) is 29.4 Å². The largest absolute Gasteiger partial charge is 0.491 e. The van der Waals surface area contributed by atoms with Crippen molar-refractivity contribution in [2.45, 2.75) is 6.92 Å². The Labute approximate surface area is 81.8 Å². The lowest BCUT2D eigenvalue weighted by Gasteiger charge is -2.04. The van der Waals surface area contributed by atoms with E-state index in [1.165, 1.54) is 0 Å². The molecule has 0 aliphatic heterocycles. The second kappa shape index (κ2) is 5.21. The number of rotatable bonds is 4. The minimum absolute atomic E-state index is 0.0619. The zero-order chi connectivity index (χ0) is 10.4. The predicted molar refractivity (Wildman–Crippen MR) is 51.9 cm³/mol. The third-order valence-corrected chi connectivity index (χ3v) is 1.77. The third-order valence-electron chi connectivity index (χ3n) is 1.77. The van der Waals surface area contributed by atoms with Crippen molar-refractivity contribution in [1.29, 1.82) is 0 Å². The maximum absolute atomic E-state index is 11.8. The van der Waals surface area contributed by atoms with Crippen LogP contribution in [0.2, 0.25) is 0 Å². The van der Waals surface area contributed by atoms with Crippen molar-refractivity contribution in [2.24, 2.45) is 5.16 Å². The van der Waals surface area contributed by atoms with Crippen LogP contribution in [-0.2, 0) is 0 Å². The second-order valence-corrected chi connectivity index (χ2v) is 2.75. The summed E-state index contributed by atoms with van der Waals surface area (Å²) in [4.78, 5) is 0. The lowest BCUT2D eigenvalue weighted by Crippen LogP contribution is -1.99. The van der Waals surface area contributed by atoms with E-state index in [0.29, 0.717) is 11.5 Å². The van der Waals surface area contributed by atoms with Crippen molar-refractivity contribution in [3.63, 3.8) is 0 Å². The fraction of sp³-hybridized carbons (Fsp3) is 0.300. The number of ether oxygens (including phenoxy) is 1. The van der Waals surface area contributed by atoms with Gasteiger partial charge in [0.1, 0.15) is 19.0 Å². The van der Waals surface area contributed by atoms with Crippen LogP contribution in [0, 0.1) is 0 Å². The van der Waals surface area contributed by atoms with Gasteiger partial charge < -0.3 is 9.94 Å². The second-order valence-electron chi connectivity index (χ2n) is 2.75. The van der Waals surface area contributed by atoms with Crippen LogP contribution in [0.5, 0.6) is 5.75 Å². The van der Waals surface area contributed by atoms with Gasteiger partial charge in [0.05, 0.1) is 5.71 Å². The molecule has 0 aliphatic rings. The smallest absolute Gasteiger partial charge is 0.123 e. The molecular formula is C10H12FNO2. The minimum atomic E-state index is -0.501. The average Bonchev–Trinajstić information content (AvgIpc) is 2.26. The van der Waals surface area contributed by atoms with Gasteiger partial charge in [-0.15, -0.1) is 0 Å². The SMILES string of the molecule is C/C(=N/O)c1ccc(OCCF)cc1. The standard InChI is InChI=1S/C10H12FNO2/c1-8(12-13)9-2-4-10(5-3-9)14-7-6-11/h2-5,13H,6-7H2,1H3/b12-8-. The van der Waals surface area contributed by atoms with E-state index in [0.717, 1.165) is 5.56 Å². The van der Waals surface area contributed by atoms with E-state index in [-0.39, 0.29) is 6.61 Å². The summed E-state index contributed by atoms with van der Waals surface area (Å²) in [5.41, 5.74) is 1.34. The van der Waals surface area contributed by atoms with Crippen LogP contribution >= 0.6 is 0 Å². The summed E-state index contributed by atoms with van der Waals surface area (Å²) in [7, 11) is 0. The fourth-order valence-corrected chi connectivity index (χ4v) is 1.01. The lowest BCUT2D eigenvalue weighted by atomic mass is 10.1. The van der Waals surface area contributed by atoms with Crippen molar-refractivity contribution >= 4 is 5.71 Å². The summed E-state index contributed by atoms with van der Waals surface area (Å²) in [5.74, 6) is 0.608. The Balaban J connectivity index is 2.68. The number of oxime groups is 1. The summed E-state index contributed by atoms with van der Waals surface area (Å²) in [5, 5.41) is 11.6. The number of hydrogen-bond donors (Lipinski definition) is 1. The molecule has 76 valence electrons. The zero-order valence-corrected chi connectivity index (χ0v) is 7.90. The van der Waals surface area contributed by atoms with Gasteiger partial charge in [0.15, 0.2) is 0 Å². The summed E-state index contributed by atoms with van der Waals surface area (Å²) in [6, 6.07) is 6.92. The van der Waals surface area contributed by atoms with E-state index < -0.39 is 6.67 Å². The van der Waals surface area contributed by atoms with Crippen LogP contribution in [0.25, 0.3) is 0 Å².